The predicted octanol–water partition coefficient (Wildman–Crippen LogP) is 7.84. The monoisotopic (exact) mass is 499 g/mol. The SMILES string of the molecule is N#Cc1ccc(-c2nc(-c3ccccc3)nc(-c3cccc4c3c3ccccc3n4-c3ccccc3)n2)cc1. The number of nitriles is 1. The van der Waals surface area contributed by atoms with Gasteiger partial charge in [-0.1, -0.05) is 78.9 Å². The largest absolute Gasteiger partial charge is 0.309 e. The van der Waals surface area contributed by atoms with Crippen molar-refractivity contribution in [2.45, 2.75) is 0 Å². The van der Waals surface area contributed by atoms with E-state index in [-0.39, 0.29) is 0 Å². The van der Waals surface area contributed by atoms with Crippen LogP contribution in [0.1, 0.15) is 5.56 Å². The molecule has 0 aliphatic rings. The maximum atomic E-state index is 9.26. The molecule has 7 aromatic rings. The van der Waals surface area contributed by atoms with Gasteiger partial charge in [-0.3, -0.25) is 0 Å². The number of para-hydroxylation sites is 2. The van der Waals surface area contributed by atoms with Gasteiger partial charge in [-0.2, -0.15) is 5.26 Å². The van der Waals surface area contributed by atoms with Gasteiger partial charge >= 0.3 is 0 Å². The number of benzene rings is 5. The van der Waals surface area contributed by atoms with Crippen molar-refractivity contribution in [3.63, 3.8) is 0 Å². The highest BCUT2D eigenvalue weighted by atomic mass is 15.0. The average Bonchev–Trinajstić information content (AvgIpc) is 3.36. The quantitative estimate of drug-likeness (QED) is 0.247. The molecule has 0 amide bonds. The molecule has 2 aromatic heterocycles. The van der Waals surface area contributed by atoms with E-state index in [4.69, 9.17) is 15.0 Å². The molecule has 0 fully saturated rings. The Morgan fingerprint density at radius 1 is 0.513 bits per heavy atom. The van der Waals surface area contributed by atoms with E-state index in [1.165, 1.54) is 0 Å². The Morgan fingerprint density at radius 3 is 1.82 bits per heavy atom. The Morgan fingerprint density at radius 2 is 1.10 bits per heavy atom. The third-order valence-electron chi connectivity index (χ3n) is 6.89. The Bertz CT molecular complexity index is 2000. The highest BCUT2D eigenvalue weighted by molar-refractivity contribution is 6.15. The highest BCUT2D eigenvalue weighted by Gasteiger charge is 2.19. The van der Waals surface area contributed by atoms with Gasteiger partial charge in [0, 0.05) is 33.2 Å². The molecule has 5 aromatic carbocycles. The van der Waals surface area contributed by atoms with E-state index in [0.29, 0.717) is 23.0 Å². The van der Waals surface area contributed by atoms with Crippen LogP contribution in [-0.2, 0) is 0 Å². The fourth-order valence-corrected chi connectivity index (χ4v) is 5.10. The molecule has 7 rings (SSSR count). The molecule has 2 heterocycles. The minimum atomic E-state index is 0.562. The van der Waals surface area contributed by atoms with Crippen LogP contribution >= 0.6 is 0 Å². The van der Waals surface area contributed by atoms with Crippen molar-refractivity contribution in [2.24, 2.45) is 0 Å². The van der Waals surface area contributed by atoms with Crippen LogP contribution in [0.2, 0.25) is 0 Å². The van der Waals surface area contributed by atoms with E-state index in [9.17, 15) is 5.26 Å². The standard InChI is InChI=1S/C34H21N5/c35-22-23-18-20-25(21-19-23)33-36-32(24-10-3-1-4-11-24)37-34(38-33)28-15-9-17-30-31(28)27-14-7-8-16-29(27)39(30)26-12-5-2-6-13-26/h1-21H. The van der Waals surface area contributed by atoms with Gasteiger partial charge < -0.3 is 4.57 Å². The average molecular weight is 500 g/mol. The molecule has 0 atom stereocenters. The number of nitrogens with zero attached hydrogens (tertiary/aromatic N) is 5. The Labute approximate surface area is 225 Å². The lowest BCUT2D eigenvalue weighted by Crippen LogP contribution is -2.00. The van der Waals surface area contributed by atoms with Crippen LogP contribution in [-0.4, -0.2) is 19.5 Å². The smallest absolute Gasteiger partial charge is 0.164 e. The molecule has 39 heavy (non-hydrogen) atoms. The normalized spacial score (nSPS) is 11.1. The molecule has 0 radical (unpaired) electrons. The number of rotatable bonds is 4. The summed E-state index contributed by atoms with van der Waals surface area (Å²) in [6.45, 7) is 0. The summed E-state index contributed by atoms with van der Waals surface area (Å²) in [5.74, 6) is 1.76. The van der Waals surface area contributed by atoms with Crippen LogP contribution in [0.3, 0.4) is 0 Å². The molecule has 0 saturated heterocycles. The number of aromatic nitrogens is 4. The van der Waals surface area contributed by atoms with E-state index >= 15 is 0 Å². The lowest BCUT2D eigenvalue weighted by molar-refractivity contribution is 1.08. The Balaban J connectivity index is 1.53. The first-order valence-electron chi connectivity index (χ1n) is 12.7. The molecule has 182 valence electrons. The Kier molecular flexibility index (Phi) is 5.42. The van der Waals surface area contributed by atoms with Crippen molar-refractivity contribution in [1.82, 2.24) is 19.5 Å². The van der Waals surface area contributed by atoms with E-state index in [1.54, 1.807) is 12.1 Å². The summed E-state index contributed by atoms with van der Waals surface area (Å²) < 4.78 is 2.29. The first-order valence-corrected chi connectivity index (χ1v) is 12.7. The molecule has 0 aliphatic heterocycles. The van der Waals surface area contributed by atoms with Crippen LogP contribution in [0.15, 0.2) is 127 Å². The molecule has 5 heteroatoms. The van der Waals surface area contributed by atoms with Crippen LogP contribution in [0.25, 0.3) is 61.7 Å². The van der Waals surface area contributed by atoms with Gasteiger partial charge in [0.15, 0.2) is 17.5 Å². The molecule has 0 aliphatic carbocycles. The predicted molar refractivity (Wildman–Crippen MR) is 155 cm³/mol. The van der Waals surface area contributed by atoms with Crippen molar-refractivity contribution in [3.8, 4) is 45.9 Å². The van der Waals surface area contributed by atoms with Gasteiger partial charge in [-0.15, -0.1) is 0 Å². The minimum Gasteiger partial charge on any atom is -0.309 e. The number of hydrogen-bond donors (Lipinski definition) is 0. The second-order valence-corrected chi connectivity index (χ2v) is 9.25. The molecule has 0 spiro atoms. The van der Waals surface area contributed by atoms with Gasteiger partial charge in [0.25, 0.3) is 0 Å². The molecule has 5 nitrogen and oxygen atoms in total. The summed E-state index contributed by atoms with van der Waals surface area (Å²) in [4.78, 5) is 14.8. The summed E-state index contributed by atoms with van der Waals surface area (Å²) in [7, 11) is 0. The maximum absolute atomic E-state index is 9.26. The van der Waals surface area contributed by atoms with Gasteiger partial charge in [0.2, 0.25) is 0 Å². The van der Waals surface area contributed by atoms with E-state index in [1.807, 2.05) is 48.5 Å². The molecule has 0 bridgehead atoms. The van der Waals surface area contributed by atoms with E-state index in [0.717, 1.165) is 44.2 Å². The molecule has 0 saturated carbocycles. The van der Waals surface area contributed by atoms with Gasteiger partial charge in [0.05, 0.1) is 22.7 Å². The van der Waals surface area contributed by atoms with Gasteiger partial charge in [0.1, 0.15) is 0 Å². The fourth-order valence-electron chi connectivity index (χ4n) is 5.10. The maximum Gasteiger partial charge on any atom is 0.164 e. The van der Waals surface area contributed by atoms with Gasteiger partial charge in [-0.25, -0.2) is 15.0 Å². The third-order valence-corrected chi connectivity index (χ3v) is 6.89. The molecular formula is C34H21N5. The van der Waals surface area contributed by atoms with Crippen LogP contribution in [0.4, 0.5) is 0 Å². The summed E-state index contributed by atoms with van der Waals surface area (Å²) in [5.41, 5.74) is 6.57. The van der Waals surface area contributed by atoms with Crippen molar-refractivity contribution >= 4 is 21.8 Å². The summed E-state index contributed by atoms with van der Waals surface area (Å²) in [6, 6.07) is 44.6. The highest BCUT2D eigenvalue weighted by Crippen LogP contribution is 2.38. The van der Waals surface area contributed by atoms with Crippen LogP contribution in [0, 0.1) is 11.3 Å². The first kappa shape index (κ1) is 22.6. The Hall–Kier alpha value is -5.60. The molecule has 0 N–H and O–H groups in total. The fraction of sp³-hybridized carbons (Fsp3) is 0. The second-order valence-electron chi connectivity index (χ2n) is 9.25. The zero-order valence-corrected chi connectivity index (χ0v) is 20.9. The second kappa shape index (κ2) is 9.37. The topological polar surface area (TPSA) is 67.4 Å². The van der Waals surface area contributed by atoms with Crippen molar-refractivity contribution in [3.05, 3.63) is 133 Å². The van der Waals surface area contributed by atoms with Crippen molar-refractivity contribution < 1.29 is 0 Å². The number of fused-ring (bicyclic) bond motifs is 3. The summed E-state index contributed by atoms with van der Waals surface area (Å²) in [5, 5.41) is 11.5. The number of hydrogen-bond acceptors (Lipinski definition) is 4. The molecular weight excluding hydrogens is 478 g/mol. The minimum absolute atomic E-state index is 0.562. The van der Waals surface area contributed by atoms with Crippen molar-refractivity contribution in [1.29, 1.82) is 5.26 Å². The lowest BCUT2D eigenvalue weighted by atomic mass is 10.1. The zero-order valence-electron chi connectivity index (χ0n) is 20.9. The van der Waals surface area contributed by atoms with Crippen molar-refractivity contribution in [2.75, 3.05) is 0 Å². The van der Waals surface area contributed by atoms with Crippen LogP contribution < -0.4 is 0 Å². The summed E-state index contributed by atoms with van der Waals surface area (Å²) in [6.07, 6.45) is 0. The van der Waals surface area contributed by atoms with Gasteiger partial charge in [-0.05, 0) is 48.5 Å². The van der Waals surface area contributed by atoms with Crippen LogP contribution in [0.5, 0.6) is 0 Å². The first-order chi connectivity index (χ1) is 19.3. The molecule has 0 unspecified atom stereocenters. The summed E-state index contributed by atoms with van der Waals surface area (Å²) >= 11 is 0. The lowest BCUT2D eigenvalue weighted by Gasteiger charge is -2.10. The zero-order chi connectivity index (χ0) is 26.2. The third kappa shape index (κ3) is 3.92. The van der Waals surface area contributed by atoms with E-state index < -0.39 is 0 Å². The van der Waals surface area contributed by atoms with E-state index in [2.05, 4.69) is 77.4 Å².